The molecule has 2 nitrogen and oxygen atoms in total. The van der Waals surface area contributed by atoms with Crippen molar-refractivity contribution in [2.24, 2.45) is 16.2 Å². The number of rotatable bonds is 1. The number of carbonyl (C=O) groups excluding carboxylic acids is 1. The molecule has 0 aromatic heterocycles. The SMILES string of the molecule is CC(=O)C12CCC(C)(C(O)C1)C2(C)C. The van der Waals surface area contributed by atoms with E-state index in [0.717, 1.165) is 12.8 Å². The summed E-state index contributed by atoms with van der Waals surface area (Å²) < 4.78 is 0. The van der Waals surface area contributed by atoms with E-state index in [0.29, 0.717) is 6.42 Å². The molecule has 0 heterocycles. The average molecular weight is 196 g/mol. The summed E-state index contributed by atoms with van der Waals surface area (Å²) in [6.45, 7) is 8.12. The molecule has 80 valence electrons. The predicted molar refractivity (Wildman–Crippen MR) is 54.9 cm³/mol. The number of aliphatic hydroxyl groups excluding tert-OH is 1. The smallest absolute Gasteiger partial charge is 0.136 e. The topological polar surface area (TPSA) is 37.3 Å². The summed E-state index contributed by atoms with van der Waals surface area (Å²) in [6, 6.07) is 0. The van der Waals surface area contributed by atoms with Crippen LogP contribution in [-0.4, -0.2) is 17.0 Å². The lowest BCUT2D eigenvalue weighted by Crippen LogP contribution is -2.39. The van der Waals surface area contributed by atoms with Gasteiger partial charge in [-0.3, -0.25) is 4.79 Å². The third kappa shape index (κ3) is 0.758. The largest absolute Gasteiger partial charge is 0.393 e. The second kappa shape index (κ2) is 2.41. The molecular formula is C12H20O2. The molecule has 2 aliphatic rings. The van der Waals surface area contributed by atoms with Crippen molar-refractivity contribution < 1.29 is 9.90 Å². The van der Waals surface area contributed by atoms with Crippen molar-refractivity contribution in [2.75, 3.05) is 0 Å². The van der Waals surface area contributed by atoms with Crippen LogP contribution < -0.4 is 0 Å². The fourth-order valence-corrected chi connectivity index (χ4v) is 3.90. The molecule has 0 aliphatic heterocycles. The highest BCUT2D eigenvalue weighted by Crippen LogP contribution is 2.72. The summed E-state index contributed by atoms with van der Waals surface area (Å²) in [7, 11) is 0. The highest BCUT2D eigenvalue weighted by atomic mass is 16.3. The van der Waals surface area contributed by atoms with E-state index in [-0.39, 0.29) is 28.1 Å². The summed E-state index contributed by atoms with van der Waals surface area (Å²) >= 11 is 0. The number of ketones is 1. The molecule has 0 aromatic carbocycles. The van der Waals surface area contributed by atoms with Crippen LogP contribution in [0.25, 0.3) is 0 Å². The van der Waals surface area contributed by atoms with Gasteiger partial charge in [0.25, 0.3) is 0 Å². The molecule has 2 bridgehead atoms. The first-order chi connectivity index (χ1) is 6.28. The van der Waals surface area contributed by atoms with Crippen LogP contribution in [-0.2, 0) is 4.79 Å². The Morgan fingerprint density at radius 1 is 1.29 bits per heavy atom. The summed E-state index contributed by atoms with van der Waals surface area (Å²) in [5.74, 6) is 0.266. The molecule has 0 amide bonds. The van der Waals surface area contributed by atoms with E-state index in [1.54, 1.807) is 6.92 Å². The van der Waals surface area contributed by atoms with Crippen molar-refractivity contribution in [1.29, 1.82) is 0 Å². The molecule has 0 spiro atoms. The van der Waals surface area contributed by atoms with Crippen LogP contribution in [0.15, 0.2) is 0 Å². The molecular weight excluding hydrogens is 176 g/mol. The van der Waals surface area contributed by atoms with Gasteiger partial charge in [0.05, 0.1) is 6.10 Å². The first-order valence-electron chi connectivity index (χ1n) is 5.47. The van der Waals surface area contributed by atoms with Gasteiger partial charge in [0.1, 0.15) is 5.78 Å². The van der Waals surface area contributed by atoms with Gasteiger partial charge in [-0.2, -0.15) is 0 Å². The maximum absolute atomic E-state index is 11.8. The molecule has 2 rings (SSSR count). The summed E-state index contributed by atoms with van der Waals surface area (Å²) in [4.78, 5) is 11.8. The normalized spacial score (nSPS) is 49.6. The van der Waals surface area contributed by atoms with E-state index < -0.39 is 0 Å². The number of aliphatic hydroxyl groups is 1. The van der Waals surface area contributed by atoms with Gasteiger partial charge < -0.3 is 5.11 Å². The Balaban J connectivity index is 2.54. The zero-order valence-electron chi connectivity index (χ0n) is 9.55. The van der Waals surface area contributed by atoms with Gasteiger partial charge in [0, 0.05) is 5.41 Å². The predicted octanol–water partition coefficient (Wildman–Crippen LogP) is 2.15. The second-order valence-corrected chi connectivity index (χ2v) is 5.90. The van der Waals surface area contributed by atoms with Crippen LogP contribution in [0.5, 0.6) is 0 Å². The zero-order valence-corrected chi connectivity index (χ0v) is 9.55. The minimum atomic E-state index is -0.296. The molecule has 0 saturated heterocycles. The van der Waals surface area contributed by atoms with E-state index in [1.807, 2.05) is 0 Å². The molecule has 0 radical (unpaired) electrons. The molecule has 1 N–H and O–H groups in total. The average Bonchev–Trinajstić information content (AvgIpc) is 2.34. The molecule has 3 atom stereocenters. The Hall–Kier alpha value is -0.370. The van der Waals surface area contributed by atoms with E-state index in [2.05, 4.69) is 20.8 Å². The minimum Gasteiger partial charge on any atom is -0.393 e. The van der Waals surface area contributed by atoms with Crippen LogP contribution in [0.1, 0.15) is 47.0 Å². The van der Waals surface area contributed by atoms with Crippen LogP contribution >= 0.6 is 0 Å². The molecule has 2 aliphatic carbocycles. The van der Waals surface area contributed by atoms with Gasteiger partial charge in [-0.15, -0.1) is 0 Å². The highest BCUT2D eigenvalue weighted by Gasteiger charge is 2.70. The van der Waals surface area contributed by atoms with E-state index in [4.69, 9.17) is 0 Å². The second-order valence-electron chi connectivity index (χ2n) is 5.90. The lowest BCUT2D eigenvalue weighted by molar-refractivity contribution is -0.131. The van der Waals surface area contributed by atoms with Crippen LogP contribution in [0.3, 0.4) is 0 Å². The standard InChI is InChI=1S/C12H20O2/c1-8(13)12-6-5-11(4,9(14)7-12)10(12,2)3/h9,14H,5-7H2,1-4H3. The van der Waals surface area contributed by atoms with Gasteiger partial charge >= 0.3 is 0 Å². The maximum Gasteiger partial charge on any atom is 0.136 e. The van der Waals surface area contributed by atoms with Crippen molar-refractivity contribution in [3.05, 3.63) is 0 Å². The van der Waals surface area contributed by atoms with Crippen molar-refractivity contribution >= 4 is 5.78 Å². The van der Waals surface area contributed by atoms with Gasteiger partial charge in [-0.1, -0.05) is 20.8 Å². The van der Waals surface area contributed by atoms with Gasteiger partial charge in [0.15, 0.2) is 0 Å². The Labute approximate surface area is 85.7 Å². The first-order valence-corrected chi connectivity index (χ1v) is 5.47. The van der Waals surface area contributed by atoms with Crippen molar-refractivity contribution in [3.8, 4) is 0 Å². The lowest BCUT2D eigenvalue weighted by atomic mass is 9.63. The third-order valence-corrected chi connectivity index (χ3v) is 5.65. The summed E-state index contributed by atoms with van der Waals surface area (Å²) in [5, 5.41) is 10.1. The third-order valence-electron chi connectivity index (χ3n) is 5.65. The monoisotopic (exact) mass is 196 g/mol. The molecule has 2 fully saturated rings. The lowest BCUT2D eigenvalue weighted by Gasteiger charge is -2.39. The van der Waals surface area contributed by atoms with Gasteiger partial charge in [-0.05, 0) is 37.0 Å². The molecule has 2 heteroatoms. The van der Waals surface area contributed by atoms with Gasteiger partial charge in [-0.25, -0.2) is 0 Å². The maximum atomic E-state index is 11.8. The quantitative estimate of drug-likeness (QED) is 0.697. The van der Waals surface area contributed by atoms with E-state index >= 15 is 0 Å². The van der Waals surface area contributed by atoms with Crippen LogP contribution in [0, 0.1) is 16.2 Å². The fourth-order valence-electron chi connectivity index (χ4n) is 3.90. The summed E-state index contributed by atoms with van der Waals surface area (Å²) in [5.41, 5.74) is -0.356. The van der Waals surface area contributed by atoms with Crippen LogP contribution in [0.4, 0.5) is 0 Å². The molecule has 3 unspecified atom stereocenters. The van der Waals surface area contributed by atoms with Crippen molar-refractivity contribution in [2.45, 2.75) is 53.1 Å². The molecule has 14 heavy (non-hydrogen) atoms. The number of carbonyl (C=O) groups is 1. The number of Topliss-reactive ketones (excluding diaryl/α,β-unsaturated/α-hetero) is 1. The van der Waals surface area contributed by atoms with E-state index in [9.17, 15) is 9.90 Å². The number of fused-ring (bicyclic) bond motifs is 2. The molecule has 0 aromatic rings. The Bertz CT molecular complexity index is 295. The Morgan fingerprint density at radius 3 is 2.07 bits per heavy atom. The van der Waals surface area contributed by atoms with Crippen LogP contribution in [0.2, 0.25) is 0 Å². The first kappa shape index (κ1) is 10.2. The van der Waals surface area contributed by atoms with Crippen molar-refractivity contribution in [1.82, 2.24) is 0 Å². The highest BCUT2D eigenvalue weighted by molar-refractivity contribution is 5.84. The minimum absolute atomic E-state index is 0.0503. The Morgan fingerprint density at radius 2 is 1.86 bits per heavy atom. The summed E-state index contributed by atoms with van der Waals surface area (Å²) in [6.07, 6.45) is 2.32. The zero-order chi connectivity index (χ0) is 10.8. The number of hydrogen-bond donors (Lipinski definition) is 1. The molecule has 2 saturated carbocycles. The van der Waals surface area contributed by atoms with Gasteiger partial charge in [0.2, 0.25) is 0 Å². The Kier molecular flexibility index (Phi) is 1.75. The van der Waals surface area contributed by atoms with E-state index in [1.165, 1.54) is 0 Å². The fraction of sp³-hybridized carbons (Fsp3) is 0.917. The van der Waals surface area contributed by atoms with Crippen molar-refractivity contribution in [3.63, 3.8) is 0 Å². The number of hydrogen-bond acceptors (Lipinski definition) is 2.